The highest BCUT2D eigenvalue weighted by Gasteiger charge is 2.74. The maximum atomic E-state index is 12.8. The molecule has 5 nitrogen and oxygen atoms in total. The fraction of sp³-hybridized carbons (Fsp3) is 0.517. The number of rotatable bonds is 6. The average molecular weight is 495 g/mol. The van der Waals surface area contributed by atoms with Gasteiger partial charge in [0.2, 0.25) is 0 Å². The highest BCUT2D eigenvalue weighted by atomic mass is 35.5. The lowest BCUT2D eigenvalue weighted by Gasteiger charge is -2.62. The van der Waals surface area contributed by atoms with Gasteiger partial charge in [0.15, 0.2) is 23.3 Å². The first kappa shape index (κ1) is 23.4. The quantitative estimate of drug-likeness (QED) is 0.409. The molecule has 2 aromatic carbocycles. The van der Waals surface area contributed by atoms with E-state index in [9.17, 15) is 10.2 Å². The minimum Gasteiger partial charge on any atom is -1.00 e. The fourth-order valence-electron chi connectivity index (χ4n) is 8.04. The van der Waals surface area contributed by atoms with Crippen molar-refractivity contribution in [1.29, 1.82) is 0 Å². The summed E-state index contributed by atoms with van der Waals surface area (Å²) in [5, 5.41) is 25.9. The molecule has 3 heterocycles. The number of aliphatic hydroxyl groups is 1. The van der Waals surface area contributed by atoms with Crippen LogP contribution in [0.3, 0.4) is 0 Å². The van der Waals surface area contributed by atoms with Crippen LogP contribution in [0.15, 0.2) is 42.1 Å². The van der Waals surface area contributed by atoms with E-state index in [1.165, 1.54) is 60.2 Å². The summed E-state index contributed by atoms with van der Waals surface area (Å²) in [7, 11) is 0. The van der Waals surface area contributed by atoms with E-state index in [1.54, 1.807) is 6.07 Å². The monoisotopic (exact) mass is 494 g/mol. The minimum atomic E-state index is -0.907. The lowest BCUT2D eigenvalue weighted by Crippen LogP contribution is -3.00. The van der Waals surface area contributed by atoms with Gasteiger partial charge in [0, 0.05) is 35.2 Å². The molecule has 1 spiro atoms. The van der Waals surface area contributed by atoms with Crippen LogP contribution in [0, 0.1) is 0 Å². The van der Waals surface area contributed by atoms with E-state index in [4.69, 9.17) is 4.74 Å². The molecule has 6 heteroatoms. The van der Waals surface area contributed by atoms with Gasteiger partial charge in [0.25, 0.3) is 0 Å². The number of fused-ring (bicyclic) bond motifs is 3. The molecule has 7 rings (SSSR count). The summed E-state index contributed by atoms with van der Waals surface area (Å²) in [4.78, 5) is 2.58. The molecule has 2 bridgehead atoms. The molecule has 5 aliphatic rings. The SMILES string of the molecule is CCCCCCCN1CC[C@]23c4c5ccc(O)c4O[C@H]2C2=C(C[C@@]3(O)[C@@H]1C5)c1ccccc1[NH2+]2.[Cl-]. The molecule has 0 amide bonds. The Morgan fingerprint density at radius 3 is 2.80 bits per heavy atom. The van der Waals surface area contributed by atoms with E-state index >= 15 is 0 Å². The molecule has 3 aliphatic heterocycles. The first-order valence-corrected chi connectivity index (χ1v) is 13.2. The van der Waals surface area contributed by atoms with E-state index in [-0.39, 0.29) is 30.3 Å². The third-order valence-corrected chi connectivity index (χ3v) is 9.55. The van der Waals surface area contributed by atoms with Crippen molar-refractivity contribution in [2.24, 2.45) is 0 Å². The number of benzene rings is 2. The number of phenolic OH excluding ortho intramolecular Hbond substituents is 1. The van der Waals surface area contributed by atoms with Crippen LogP contribution in [0.1, 0.15) is 68.6 Å². The van der Waals surface area contributed by atoms with E-state index in [2.05, 4.69) is 47.5 Å². The number of phenols is 1. The van der Waals surface area contributed by atoms with Crippen LogP contribution in [-0.4, -0.2) is 45.9 Å². The molecule has 4 N–H and O–H groups in total. The summed E-state index contributed by atoms with van der Waals surface area (Å²) < 4.78 is 6.66. The molecule has 2 aromatic rings. The zero-order valence-corrected chi connectivity index (χ0v) is 21.2. The number of halogens is 1. The molecular formula is C29H35ClN2O3. The van der Waals surface area contributed by atoms with Crippen LogP contribution in [-0.2, 0) is 11.8 Å². The Balaban J connectivity index is 0.00000229. The lowest BCUT2D eigenvalue weighted by molar-refractivity contribution is -0.524. The van der Waals surface area contributed by atoms with Crippen molar-refractivity contribution in [3.63, 3.8) is 0 Å². The van der Waals surface area contributed by atoms with Gasteiger partial charge in [-0.15, -0.1) is 0 Å². The standard InChI is InChI=1S/C29H34N2O3.ClH/c1-2-3-4-5-8-14-31-15-13-28-24-18-11-12-22(32)26(24)34-27(28)25-20(17-29(28,33)23(31)16-18)19-9-6-7-10-21(19)30-25;/h6-7,9-12,23,27,30,32-33H,2-5,8,13-17H2,1H3;1H/t23-,27-,28-,29+;/m0./s1. The maximum Gasteiger partial charge on any atom is 0.186 e. The second-order valence-corrected chi connectivity index (χ2v) is 11.1. The molecule has 186 valence electrons. The Bertz CT molecular complexity index is 1210. The van der Waals surface area contributed by atoms with E-state index in [0.29, 0.717) is 12.2 Å². The second-order valence-electron chi connectivity index (χ2n) is 11.1. The van der Waals surface area contributed by atoms with E-state index < -0.39 is 11.0 Å². The van der Waals surface area contributed by atoms with Crippen molar-refractivity contribution in [3.05, 3.63) is 58.8 Å². The summed E-state index contributed by atoms with van der Waals surface area (Å²) >= 11 is 0. The smallest absolute Gasteiger partial charge is 0.186 e. The average Bonchev–Trinajstić information content (AvgIpc) is 3.37. The van der Waals surface area contributed by atoms with Gasteiger partial charge in [0.1, 0.15) is 5.69 Å². The summed E-state index contributed by atoms with van der Waals surface area (Å²) in [6.45, 7) is 4.29. The number of aromatic hydroxyl groups is 1. The lowest BCUT2D eigenvalue weighted by atomic mass is 9.49. The number of nitrogens with zero attached hydrogens (tertiary/aromatic N) is 1. The first-order valence-electron chi connectivity index (χ1n) is 13.2. The summed E-state index contributed by atoms with van der Waals surface area (Å²) in [5.74, 6) is 0.824. The molecule has 0 aromatic heterocycles. The Kier molecular flexibility index (Phi) is 5.50. The Hall–Kier alpha value is -2.05. The summed E-state index contributed by atoms with van der Waals surface area (Å²) in [6, 6.07) is 12.5. The van der Waals surface area contributed by atoms with Crippen LogP contribution in [0.2, 0.25) is 0 Å². The van der Waals surface area contributed by atoms with Gasteiger partial charge in [-0.3, -0.25) is 10.2 Å². The maximum absolute atomic E-state index is 12.8. The van der Waals surface area contributed by atoms with Crippen LogP contribution in [0.4, 0.5) is 5.69 Å². The number of ether oxygens (including phenoxy) is 1. The van der Waals surface area contributed by atoms with Crippen molar-refractivity contribution >= 4 is 11.3 Å². The Labute approximate surface area is 213 Å². The van der Waals surface area contributed by atoms with Crippen molar-refractivity contribution in [2.45, 2.75) is 81.5 Å². The molecular weight excluding hydrogens is 460 g/mol. The normalized spacial score (nSPS) is 31.4. The number of piperidine rings is 1. The molecule has 1 fully saturated rings. The van der Waals surface area contributed by atoms with Crippen molar-refractivity contribution in [1.82, 2.24) is 4.90 Å². The number of nitrogens with two attached hydrogens (primary N) is 1. The Morgan fingerprint density at radius 2 is 1.94 bits per heavy atom. The van der Waals surface area contributed by atoms with Crippen LogP contribution >= 0.6 is 0 Å². The third kappa shape index (κ3) is 2.93. The highest BCUT2D eigenvalue weighted by Crippen LogP contribution is 2.67. The van der Waals surface area contributed by atoms with Crippen molar-refractivity contribution in [2.75, 3.05) is 13.1 Å². The van der Waals surface area contributed by atoms with Crippen molar-refractivity contribution in [3.8, 4) is 11.5 Å². The van der Waals surface area contributed by atoms with Crippen LogP contribution in [0.5, 0.6) is 11.5 Å². The van der Waals surface area contributed by atoms with Gasteiger partial charge in [-0.2, -0.15) is 0 Å². The van der Waals surface area contributed by atoms with Gasteiger partial charge in [-0.1, -0.05) is 50.8 Å². The van der Waals surface area contributed by atoms with Gasteiger partial charge in [0.05, 0.1) is 11.0 Å². The predicted octanol–water partition coefficient (Wildman–Crippen LogP) is 0.750. The van der Waals surface area contributed by atoms with Crippen LogP contribution < -0.4 is 22.5 Å². The number of quaternary nitrogens is 1. The second kappa shape index (κ2) is 8.24. The van der Waals surface area contributed by atoms with Gasteiger partial charge >= 0.3 is 0 Å². The van der Waals surface area contributed by atoms with Gasteiger partial charge < -0.3 is 27.4 Å². The predicted molar refractivity (Wildman–Crippen MR) is 131 cm³/mol. The number of likely N-dealkylation sites (tertiary alicyclic amines) is 1. The minimum absolute atomic E-state index is 0. The summed E-state index contributed by atoms with van der Waals surface area (Å²) in [6.07, 6.45) is 8.42. The molecule has 2 aliphatic carbocycles. The number of hydrogen-bond donors (Lipinski definition) is 3. The largest absolute Gasteiger partial charge is 1.00 e. The molecule has 1 saturated heterocycles. The number of para-hydroxylation sites is 1. The zero-order valence-electron chi connectivity index (χ0n) is 20.4. The topological polar surface area (TPSA) is 69.5 Å². The molecule has 35 heavy (non-hydrogen) atoms. The summed E-state index contributed by atoms with van der Waals surface area (Å²) in [5.41, 5.74) is 5.85. The molecule has 0 radical (unpaired) electrons. The zero-order chi connectivity index (χ0) is 23.1. The first-order chi connectivity index (χ1) is 16.6. The van der Waals surface area contributed by atoms with Crippen LogP contribution in [0.25, 0.3) is 5.57 Å². The fourth-order valence-corrected chi connectivity index (χ4v) is 8.04. The molecule has 0 saturated carbocycles. The van der Waals surface area contributed by atoms with Crippen molar-refractivity contribution < 1.29 is 32.7 Å². The molecule has 4 atom stereocenters. The third-order valence-electron chi connectivity index (χ3n) is 9.55. The van der Waals surface area contributed by atoms with E-state index in [1.807, 2.05) is 0 Å². The Morgan fingerprint density at radius 1 is 1.11 bits per heavy atom. The number of hydrogen-bond acceptors (Lipinski definition) is 4. The van der Waals surface area contributed by atoms with E-state index in [0.717, 1.165) is 31.5 Å². The van der Waals surface area contributed by atoms with Gasteiger partial charge in [-0.25, -0.2) is 0 Å². The van der Waals surface area contributed by atoms with Gasteiger partial charge in [-0.05, 0) is 50.0 Å². The molecule has 0 unspecified atom stereocenters. The number of unbranched alkanes of at least 4 members (excludes halogenated alkanes) is 4. The highest BCUT2D eigenvalue weighted by molar-refractivity contribution is 5.82.